The number of rotatable bonds is 7. The first kappa shape index (κ1) is 23.2. The molecule has 0 aliphatic carbocycles. The number of ether oxygens (including phenoxy) is 2. The fourth-order valence-corrected chi connectivity index (χ4v) is 3.69. The van der Waals surface area contributed by atoms with Gasteiger partial charge in [0.15, 0.2) is 16.4 Å². The van der Waals surface area contributed by atoms with Crippen LogP contribution in [0, 0.1) is 0 Å². The van der Waals surface area contributed by atoms with Crippen LogP contribution < -0.4 is 4.74 Å². The lowest BCUT2D eigenvalue weighted by Gasteiger charge is -2.20. The van der Waals surface area contributed by atoms with Crippen molar-refractivity contribution >= 4 is 27.4 Å². The van der Waals surface area contributed by atoms with E-state index >= 15 is 0 Å². The molecule has 0 spiro atoms. The minimum absolute atomic E-state index is 0.213. The molecule has 0 amide bonds. The van der Waals surface area contributed by atoms with Crippen LogP contribution >= 0.6 is 11.6 Å². The summed E-state index contributed by atoms with van der Waals surface area (Å²) in [5.41, 5.74) is 1.72. The maximum atomic E-state index is 12.1. The van der Waals surface area contributed by atoms with Gasteiger partial charge in [0.25, 0.3) is 0 Å². The van der Waals surface area contributed by atoms with Gasteiger partial charge < -0.3 is 9.47 Å². The molecule has 0 heterocycles. The van der Waals surface area contributed by atoms with E-state index in [0.717, 1.165) is 24.0 Å². The summed E-state index contributed by atoms with van der Waals surface area (Å²) in [7, 11) is -3.38. The zero-order valence-corrected chi connectivity index (χ0v) is 19.0. The Morgan fingerprint density at radius 3 is 2.34 bits per heavy atom. The van der Waals surface area contributed by atoms with Crippen LogP contribution in [0.15, 0.2) is 41.3 Å². The lowest BCUT2D eigenvalue weighted by Crippen LogP contribution is -2.27. The SMILES string of the molecule is CCCc1ccc(S(C)(=O)=O)cc1-c1cc(Cl)ccc1OCC(=O)OC(C)(C)C. The van der Waals surface area contributed by atoms with E-state index in [-0.39, 0.29) is 11.5 Å². The van der Waals surface area contributed by atoms with Crippen molar-refractivity contribution in [3.63, 3.8) is 0 Å². The predicted molar refractivity (Wildman–Crippen MR) is 115 cm³/mol. The topological polar surface area (TPSA) is 69.7 Å². The third-order valence-electron chi connectivity index (χ3n) is 4.03. The van der Waals surface area contributed by atoms with Crippen molar-refractivity contribution in [1.82, 2.24) is 0 Å². The van der Waals surface area contributed by atoms with Crippen molar-refractivity contribution in [3.8, 4) is 16.9 Å². The van der Waals surface area contributed by atoms with Crippen LogP contribution in [0.3, 0.4) is 0 Å². The van der Waals surface area contributed by atoms with Crippen LogP contribution in [0.5, 0.6) is 5.75 Å². The first-order valence-electron chi connectivity index (χ1n) is 9.38. The molecule has 0 fully saturated rings. The first-order valence-corrected chi connectivity index (χ1v) is 11.6. The number of carbonyl (C=O) groups excluding carboxylic acids is 1. The number of halogens is 1. The minimum Gasteiger partial charge on any atom is -0.481 e. The van der Waals surface area contributed by atoms with Gasteiger partial charge in [-0.1, -0.05) is 31.0 Å². The molecule has 29 heavy (non-hydrogen) atoms. The largest absolute Gasteiger partial charge is 0.481 e. The van der Waals surface area contributed by atoms with Crippen molar-refractivity contribution in [3.05, 3.63) is 47.0 Å². The van der Waals surface area contributed by atoms with Crippen LogP contribution in [-0.2, 0) is 25.8 Å². The third kappa shape index (κ3) is 6.75. The molecule has 2 aromatic rings. The molecule has 0 atom stereocenters. The van der Waals surface area contributed by atoms with Crippen molar-refractivity contribution in [1.29, 1.82) is 0 Å². The van der Waals surface area contributed by atoms with E-state index in [1.807, 2.05) is 13.0 Å². The van der Waals surface area contributed by atoms with E-state index in [0.29, 0.717) is 16.3 Å². The maximum Gasteiger partial charge on any atom is 0.344 e. The highest BCUT2D eigenvalue weighted by Gasteiger charge is 2.19. The molecular formula is C22H27ClO5S. The zero-order chi connectivity index (χ0) is 21.8. The van der Waals surface area contributed by atoms with Crippen molar-refractivity contribution in [2.45, 2.75) is 51.0 Å². The summed E-state index contributed by atoms with van der Waals surface area (Å²) in [6.45, 7) is 7.14. The van der Waals surface area contributed by atoms with Gasteiger partial charge in [-0.3, -0.25) is 0 Å². The molecule has 0 saturated heterocycles. The molecule has 158 valence electrons. The Morgan fingerprint density at radius 1 is 1.07 bits per heavy atom. The molecule has 0 unspecified atom stereocenters. The summed E-state index contributed by atoms with van der Waals surface area (Å²) in [6.07, 6.45) is 2.82. The quantitative estimate of drug-likeness (QED) is 0.563. The van der Waals surface area contributed by atoms with Crippen molar-refractivity contribution in [2.24, 2.45) is 0 Å². The lowest BCUT2D eigenvalue weighted by molar-refractivity contribution is -0.157. The molecule has 2 aromatic carbocycles. The summed E-state index contributed by atoms with van der Waals surface area (Å²) in [4.78, 5) is 12.3. The maximum absolute atomic E-state index is 12.1. The normalized spacial score (nSPS) is 11.9. The summed E-state index contributed by atoms with van der Waals surface area (Å²) >= 11 is 6.21. The first-order chi connectivity index (χ1) is 13.4. The highest BCUT2D eigenvalue weighted by Crippen LogP contribution is 2.36. The molecule has 5 nitrogen and oxygen atoms in total. The Labute approximate surface area is 177 Å². The van der Waals surface area contributed by atoms with E-state index in [4.69, 9.17) is 21.1 Å². The zero-order valence-electron chi connectivity index (χ0n) is 17.4. The second-order valence-corrected chi connectivity index (χ2v) is 10.3. The second kappa shape index (κ2) is 9.18. The van der Waals surface area contributed by atoms with E-state index in [2.05, 4.69) is 0 Å². The Kier molecular flexibility index (Phi) is 7.35. The van der Waals surface area contributed by atoms with Gasteiger partial charge >= 0.3 is 5.97 Å². The van der Waals surface area contributed by atoms with Crippen LogP contribution in [0.2, 0.25) is 5.02 Å². The summed E-state index contributed by atoms with van der Waals surface area (Å²) < 4.78 is 35.1. The molecule has 2 rings (SSSR count). The van der Waals surface area contributed by atoms with Crippen LogP contribution in [-0.4, -0.2) is 32.9 Å². The fourth-order valence-electron chi connectivity index (χ4n) is 2.87. The molecule has 0 bridgehead atoms. The summed E-state index contributed by atoms with van der Waals surface area (Å²) in [5, 5.41) is 0.483. The van der Waals surface area contributed by atoms with Gasteiger partial charge in [0.2, 0.25) is 0 Å². The van der Waals surface area contributed by atoms with E-state index in [9.17, 15) is 13.2 Å². The molecule has 0 aromatic heterocycles. The Hall–Kier alpha value is -2.05. The van der Waals surface area contributed by atoms with Gasteiger partial charge in [0, 0.05) is 16.8 Å². The van der Waals surface area contributed by atoms with Crippen molar-refractivity contribution in [2.75, 3.05) is 12.9 Å². The monoisotopic (exact) mass is 438 g/mol. The number of hydrogen-bond acceptors (Lipinski definition) is 5. The van der Waals surface area contributed by atoms with Gasteiger partial charge in [-0.15, -0.1) is 0 Å². The molecule has 0 radical (unpaired) electrons. The fraction of sp³-hybridized carbons (Fsp3) is 0.409. The van der Waals surface area contributed by atoms with Crippen molar-refractivity contribution < 1.29 is 22.7 Å². The molecule has 7 heteroatoms. The number of benzene rings is 2. The Balaban J connectivity index is 2.48. The summed E-state index contributed by atoms with van der Waals surface area (Å²) in [5.74, 6) is -0.0552. The Bertz CT molecular complexity index is 991. The van der Waals surface area contributed by atoms with E-state index < -0.39 is 21.4 Å². The third-order valence-corrected chi connectivity index (χ3v) is 5.37. The molecule has 0 saturated carbocycles. The average molecular weight is 439 g/mol. The summed E-state index contributed by atoms with van der Waals surface area (Å²) in [6, 6.07) is 10.1. The smallest absolute Gasteiger partial charge is 0.344 e. The van der Waals surface area contributed by atoms with E-state index in [1.165, 1.54) is 6.26 Å². The number of esters is 1. The van der Waals surface area contributed by atoms with Gasteiger partial charge in [-0.2, -0.15) is 0 Å². The van der Waals surface area contributed by atoms with Crippen LogP contribution in [0.4, 0.5) is 0 Å². The van der Waals surface area contributed by atoms with Gasteiger partial charge in [0.05, 0.1) is 4.90 Å². The predicted octanol–water partition coefficient (Wildman–Crippen LogP) is 5.08. The number of hydrogen-bond donors (Lipinski definition) is 0. The molecule has 0 aliphatic rings. The Morgan fingerprint density at radius 2 is 1.76 bits per heavy atom. The molecular weight excluding hydrogens is 412 g/mol. The molecule has 0 N–H and O–H groups in total. The van der Waals surface area contributed by atoms with E-state index in [1.54, 1.807) is 51.1 Å². The number of sulfone groups is 1. The standard InChI is InChI=1S/C22H27ClO5S/c1-6-7-15-8-10-17(29(5,25)26)13-18(15)19-12-16(23)9-11-20(19)27-14-21(24)28-22(2,3)4/h8-13H,6-7,14H2,1-5H3. The highest BCUT2D eigenvalue weighted by molar-refractivity contribution is 7.90. The second-order valence-electron chi connectivity index (χ2n) is 7.86. The minimum atomic E-state index is -3.38. The lowest BCUT2D eigenvalue weighted by atomic mass is 9.96. The number of carbonyl (C=O) groups is 1. The highest BCUT2D eigenvalue weighted by atomic mass is 35.5. The number of aryl methyl sites for hydroxylation is 1. The average Bonchev–Trinajstić information content (AvgIpc) is 2.59. The van der Waals surface area contributed by atoms with Crippen LogP contribution in [0.1, 0.15) is 39.7 Å². The van der Waals surface area contributed by atoms with Gasteiger partial charge in [-0.25, -0.2) is 13.2 Å². The van der Waals surface area contributed by atoms with Crippen LogP contribution in [0.25, 0.3) is 11.1 Å². The molecule has 0 aliphatic heterocycles. The van der Waals surface area contributed by atoms with Gasteiger partial charge in [-0.05, 0) is 68.7 Å². The van der Waals surface area contributed by atoms with Gasteiger partial charge in [0.1, 0.15) is 11.4 Å².